The monoisotopic (exact) mass is 402 g/mol. The van der Waals surface area contributed by atoms with Gasteiger partial charge in [0.25, 0.3) is 0 Å². The number of aromatic nitrogens is 1. The SMILES string of the molecule is CS(=O)(=O)C1=CC=CC(C2c3[nH]c4ccc(Cl)cc4c3CCN2C=O)C=C1. The Labute approximate surface area is 162 Å². The van der Waals surface area contributed by atoms with Crippen LogP contribution in [0.15, 0.2) is 53.5 Å². The summed E-state index contributed by atoms with van der Waals surface area (Å²) in [6.07, 6.45) is 11.5. The van der Waals surface area contributed by atoms with Crippen molar-refractivity contribution >= 4 is 38.8 Å². The van der Waals surface area contributed by atoms with Crippen LogP contribution in [0.5, 0.6) is 0 Å². The summed E-state index contributed by atoms with van der Waals surface area (Å²) in [5.74, 6) is -0.145. The van der Waals surface area contributed by atoms with Crippen molar-refractivity contribution in [2.45, 2.75) is 12.5 Å². The molecule has 7 heteroatoms. The van der Waals surface area contributed by atoms with Crippen molar-refractivity contribution in [1.82, 2.24) is 9.88 Å². The largest absolute Gasteiger partial charge is 0.356 e. The molecule has 2 atom stereocenters. The number of nitrogens with one attached hydrogen (secondary N) is 1. The summed E-state index contributed by atoms with van der Waals surface area (Å²) in [7, 11) is -3.29. The molecule has 0 spiro atoms. The number of benzene rings is 1. The highest BCUT2D eigenvalue weighted by atomic mass is 35.5. The van der Waals surface area contributed by atoms with E-state index < -0.39 is 9.84 Å². The summed E-state index contributed by atoms with van der Waals surface area (Å²) in [6, 6.07) is 5.51. The van der Waals surface area contributed by atoms with Gasteiger partial charge in [0, 0.05) is 40.3 Å². The van der Waals surface area contributed by atoms with Gasteiger partial charge in [-0.3, -0.25) is 4.79 Å². The van der Waals surface area contributed by atoms with Gasteiger partial charge in [0.1, 0.15) is 0 Å². The molecular formula is C20H19ClN2O3S. The summed E-state index contributed by atoms with van der Waals surface area (Å²) in [5, 5.41) is 1.75. The molecule has 0 bridgehead atoms. The normalized spacial score (nSPS) is 22.4. The Morgan fingerprint density at radius 3 is 2.85 bits per heavy atom. The third-order valence-electron chi connectivity index (χ3n) is 5.18. The van der Waals surface area contributed by atoms with E-state index in [2.05, 4.69) is 4.98 Å². The first-order chi connectivity index (χ1) is 12.9. The summed E-state index contributed by atoms with van der Waals surface area (Å²) < 4.78 is 23.7. The summed E-state index contributed by atoms with van der Waals surface area (Å²) in [6.45, 7) is 0.602. The minimum absolute atomic E-state index is 0.145. The highest BCUT2D eigenvalue weighted by Crippen LogP contribution is 2.40. The van der Waals surface area contributed by atoms with E-state index in [0.717, 1.165) is 35.0 Å². The van der Waals surface area contributed by atoms with E-state index in [1.54, 1.807) is 23.1 Å². The van der Waals surface area contributed by atoms with Gasteiger partial charge in [0.15, 0.2) is 9.84 Å². The molecule has 1 amide bonds. The number of aromatic amines is 1. The van der Waals surface area contributed by atoms with Crippen LogP contribution >= 0.6 is 11.6 Å². The first-order valence-corrected chi connectivity index (χ1v) is 10.9. The smallest absolute Gasteiger partial charge is 0.210 e. The maximum atomic E-state index is 11.9. The van der Waals surface area contributed by atoms with E-state index in [1.807, 2.05) is 30.4 Å². The number of nitrogens with zero attached hydrogens (tertiary/aromatic N) is 1. The number of allylic oxidation sites excluding steroid dienone is 3. The van der Waals surface area contributed by atoms with E-state index in [4.69, 9.17) is 11.6 Å². The fourth-order valence-corrected chi connectivity index (χ4v) is 4.73. The Hall–Kier alpha value is -2.31. The van der Waals surface area contributed by atoms with E-state index in [0.29, 0.717) is 11.6 Å². The lowest BCUT2D eigenvalue weighted by Crippen LogP contribution is -2.37. The lowest BCUT2D eigenvalue weighted by atomic mass is 9.88. The number of fused-ring (bicyclic) bond motifs is 3. The van der Waals surface area contributed by atoms with Crippen LogP contribution in [0.1, 0.15) is 17.3 Å². The van der Waals surface area contributed by atoms with E-state index in [1.165, 1.54) is 6.26 Å². The Balaban J connectivity index is 1.81. The fourth-order valence-electron chi connectivity index (χ4n) is 3.90. The molecule has 0 saturated carbocycles. The van der Waals surface area contributed by atoms with E-state index >= 15 is 0 Å². The van der Waals surface area contributed by atoms with Crippen molar-refractivity contribution in [3.05, 3.63) is 69.8 Å². The van der Waals surface area contributed by atoms with E-state index in [-0.39, 0.29) is 16.9 Å². The molecule has 4 rings (SSSR count). The third-order valence-corrected chi connectivity index (χ3v) is 6.54. The number of hydrogen-bond donors (Lipinski definition) is 1. The van der Waals surface area contributed by atoms with Gasteiger partial charge in [-0.2, -0.15) is 0 Å². The summed E-state index contributed by atoms with van der Waals surface area (Å²) in [4.78, 5) is 17.2. The van der Waals surface area contributed by atoms with Gasteiger partial charge in [-0.1, -0.05) is 29.8 Å². The molecule has 1 N–H and O–H groups in total. The molecule has 0 saturated heterocycles. The van der Waals surface area contributed by atoms with E-state index in [9.17, 15) is 13.2 Å². The molecule has 0 fully saturated rings. The molecule has 27 heavy (non-hydrogen) atoms. The van der Waals surface area contributed by atoms with Gasteiger partial charge in [-0.25, -0.2) is 8.42 Å². The van der Waals surface area contributed by atoms with Crippen LogP contribution in [0.3, 0.4) is 0 Å². The fraction of sp³-hybridized carbons (Fsp3) is 0.250. The van der Waals surface area contributed by atoms with Crippen molar-refractivity contribution in [1.29, 1.82) is 0 Å². The topological polar surface area (TPSA) is 70.2 Å². The Kier molecular flexibility index (Phi) is 4.48. The molecule has 0 radical (unpaired) electrons. The van der Waals surface area contributed by atoms with Crippen molar-refractivity contribution in [3.63, 3.8) is 0 Å². The molecule has 5 nitrogen and oxygen atoms in total. The van der Waals surface area contributed by atoms with Gasteiger partial charge in [-0.15, -0.1) is 0 Å². The van der Waals surface area contributed by atoms with Gasteiger partial charge in [0.05, 0.1) is 10.9 Å². The molecule has 1 aromatic heterocycles. The first-order valence-electron chi connectivity index (χ1n) is 8.66. The Morgan fingerprint density at radius 1 is 1.30 bits per heavy atom. The maximum absolute atomic E-state index is 11.9. The number of hydrogen-bond acceptors (Lipinski definition) is 3. The summed E-state index contributed by atoms with van der Waals surface area (Å²) >= 11 is 6.17. The van der Waals surface area contributed by atoms with Crippen LogP contribution in [0.25, 0.3) is 10.9 Å². The van der Waals surface area contributed by atoms with Crippen LogP contribution in [0.4, 0.5) is 0 Å². The summed E-state index contributed by atoms with van der Waals surface area (Å²) in [5.41, 5.74) is 3.13. The second-order valence-electron chi connectivity index (χ2n) is 6.91. The molecule has 1 aromatic carbocycles. The highest BCUT2D eigenvalue weighted by molar-refractivity contribution is 7.94. The molecule has 2 unspecified atom stereocenters. The van der Waals surface area contributed by atoms with Gasteiger partial charge in [0.2, 0.25) is 6.41 Å². The van der Waals surface area contributed by atoms with Crippen molar-refractivity contribution in [2.24, 2.45) is 5.92 Å². The predicted molar refractivity (Wildman–Crippen MR) is 107 cm³/mol. The predicted octanol–water partition coefficient (Wildman–Crippen LogP) is 3.55. The van der Waals surface area contributed by atoms with Crippen molar-refractivity contribution in [3.8, 4) is 0 Å². The molecule has 1 aliphatic carbocycles. The number of carbonyl (C=O) groups is 1. The van der Waals surface area contributed by atoms with Crippen molar-refractivity contribution in [2.75, 3.05) is 12.8 Å². The number of carbonyl (C=O) groups excluding carboxylic acids is 1. The average molecular weight is 403 g/mol. The number of amides is 1. The molecule has 2 aliphatic rings. The number of halogens is 1. The van der Waals surface area contributed by atoms with Crippen LogP contribution in [-0.2, 0) is 21.1 Å². The minimum Gasteiger partial charge on any atom is -0.356 e. The molecule has 1 aliphatic heterocycles. The average Bonchev–Trinajstić information content (AvgIpc) is 2.81. The molecule has 2 aromatic rings. The molecular weight excluding hydrogens is 384 g/mol. The molecule has 2 heterocycles. The number of H-pyrrole nitrogens is 1. The zero-order valence-electron chi connectivity index (χ0n) is 14.7. The van der Waals surface area contributed by atoms with Gasteiger partial charge < -0.3 is 9.88 Å². The lowest BCUT2D eigenvalue weighted by molar-refractivity contribution is -0.121. The Morgan fingerprint density at radius 2 is 2.11 bits per heavy atom. The molecule has 140 valence electrons. The number of sulfone groups is 1. The minimum atomic E-state index is -3.29. The second kappa shape index (κ2) is 6.69. The lowest BCUT2D eigenvalue weighted by Gasteiger charge is -2.36. The first kappa shape index (κ1) is 18.1. The van der Waals surface area contributed by atoms with Gasteiger partial charge in [-0.05, 0) is 42.3 Å². The quantitative estimate of drug-likeness (QED) is 0.798. The number of rotatable bonds is 3. The van der Waals surface area contributed by atoms with Crippen molar-refractivity contribution < 1.29 is 13.2 Å². The maximum Gasteiger partial charge on any atom is 0.210 e. The second-order valence-corrected chi connectivity index (χ2v) is 9.36. The third kappa shape index (κ3) is 3.24. The van der Waals surface area contributed by atoms with Crippen LogP contribution in [0, 0.1) is 5.92 Å². The Bertz CT molecular complexity index is 1110. The standard InChI is InChI=1S/C20H19ClN2O3S/c1-27(25,26)15-4-2-3-13(5-7-15)20-19-16(9-10-23(20)12-24)17-11-14(21)6-8-18(17)22-19/h2-8,11-13,20,22H,9-10H2,1H3. The highest BCUT2D eigenvalue weighted by Gasteiger charge is 2.34. The van der Waals surface area contributed by atoms with Gasteiger partial charge >= 0.3 is 0 Å². The van der Waals surface area contributed by atoms with Crippen LogP contribution < -0.4 is 0 Å². The van der Waals surface area contributed by atoms with Crippen LogP contribution in [0.2, 0.25) is 5.02 Å². The van der Waals surface area contributed by atoms with Crippen LogP contribution in [-0.4, -0.2) is 37.5 Å². The zero-order chi connectivity index (χ0) is 19.2. The zero-order valence-corrected chi connectivity index (χ0v) is 16.3.